The minimum atomic E-state index is -0.594. The summed E-state index contributed by atoms with van der Waals surface area (Å²) in [6.45, 7) is 6.55. The lowest BCUT2D eigenvalue weighted by Gasteiger charge is -2.21. The van der Waals surface area contributed by atoms with Crippen LogP contribution in [0.4, 0.5) is 11.4 Å². The van der Waals surface area contributed by atoms with E-state index in [0.717, 1.165) is 18.8 Å². The Morgan fingerprint density at radius 2 is 1.68 bits per heavy atom. The predicted octanol–water partition coefficient (Wildman–Crippen LogP) is 3.10. The molecule has 2 aromatic rings. The Labute approximate surface area is 164 Å². The van der Waals surface area contributed by atoms with Crippen LogP contribution in [-0.4, -0.2) is 44.8 Å². The van der Waals surface area contributed by atoms with E-state index in [9.17, 15) is 9.59 Å². The molecule has 3 rings (SSSR count). The van der Waals surface area contributed by atoms with Gasteiger partial charge in [0.2, 0.25) is 0 Å². The third kappa shape index (κ3) is 4.73. The Morgan fingerprint density at radius 3 is 2.36 bits per heavy atom. The topological polar surface area (TPSA) is 77.1 Å². The Hall–Kier alpha value is -3.22. The van der Waals surface area contributed by atoms with Gasteiger partial charge in [0, 0.05) is 24.5 Å². The second kappa shape index (κ2) is 9.12. The number of hydrogen-bond acceptors (Lipinski definition) is 6. The molecule has 1 amide bonds. The highest BCUT2D eigenvalue weighted by Crippen LogP contribution is 2.30. The van der Waals surface area contributed by atoms with Gasteiger partial charge in [-0.05, 0) is 56.3 Å². The highest BCUT2D eigenvalue weighted by molar-refractivity contribution is 5.95. The standard InChI is InChI=1S/C21H24N2O5/c1-3-23(4-2)17-8-6-16(7-9-17)22-20(24)14-28-21(25)15-5-10-18-19(13-15)27-12-11-26-18/h5-10,13H,3-4,11-12,14H2,1-2H3,(H,22,24). The van der Waals surface area contributed by atoms with Crippen LogP contribution in [0.15, 0.2) is 42.5 Å². The van der Waals surface area contributed by atoms with E-state index in [1.165, 1.54) is 0 Å². The first-order chi connectivity index (χ1) is 13.6. The van der Waals surface area contributed by atoms with Crippen molar-refractivity contribution in [2.24, 2.45) is 0 Å². The Kier molecular flexibility index (Phi) is 6.37. The molecule has 0 atom stereocenters. The van der Waals surface area contributed by atoms with Gasteiger partial charge >= 0.3 is 5.97 Å². The zero-order chi connectivity index (χ0) is 19.9. The van der Waals surface area contributed by atoms with Gasteiger partial charge in [-0.1, -0.05) is 0 Å². The van der Waals surface area contributed by atoms with Gasteiger partial charge in [-0.2, -0.15) is 0 Å². The molecule has 0 aromatic heterocycles. The first-order valence-corrected chi connectivity index (χ1v) is 9.32. The number of carbonyl (C=O) groups is 2. The predicted molar refractivity (Wildman–Crippen MR) is 106 cm³/mol. The number of carbonyl (C=O) groups excluding carboxylic acids is 2. The number of esters is 1. The van der Waals surface area contributed by atoms with Gasteiger partial charge < -0.3 is 24.4 Å². The zero-order valence-corrected chi connectivity index (χ0v) is 16.1. The highest BCUT2D eigenvalue weighted by atomic mass is 16.6. The largest absolute Gasteiger partial charge is 0.486 e. The van der Waals surface area contributed by atoms with Crippen LogP contribution in [-0.2, 0) is 9.53 Å². The molecule has 0 saturated carbocycles. The van der Waals surface area contributed by atoms with Crippen molar-refractivity contribution in [2.45, 2.75) is 13.8 Å². The zero-order valence-electron chi connectivity index (χ0n) is 16.1. The van der Waals surface area contributed by atoms with E-state index in [1.807, 2.05) is 24.3 Å². The summed E-state index contributed by atoms with van der Waals surface area (Å²) < 4.78 is 16.0. The van der Waals surface area contributed by atoms with Crippen LogP contribution in [0, 0.1) is 0 Å². The average molecular weight is 384 g/mol. The Balaban J connectivity index is 1.52. The highest BCUT2D eigenvalue weighted by Gasteiger charge is 2.16. The molecule has 28 heavy (non-hydrogen) atoms. The van der Waals surface area contributed by atoms with E-state index in [4.69, 9.17) is 14.2 Å². The van der Waals surface area contributed by atoms with Crippen molar-refractivity contribution in [2.75, 3.05) is 43.1 Å². The number of nitrogens with zero attached hydrogens (tertiary/aromatic N) is 1. The molecule has 1 heterocycles. The third-order valence-electron chi connectivity index (χ3n) is 4.39. The number of benzene rings is 2. The lowest BCUT2D eigenvalue weighted by atomic mass is 10.2. The molecule has 2 aromatic carbocycles. The molecular weight excluding hydrogens is 360 g/mol. The van der Waals surface area contributed by atoms with Crippen LogP contribution in [0.2, 0.25) is 0 Å². The molecule has 1 aliphatic heterocycles. The molecule has 0 aliphatic carbocycles. The van der Waals surface area contributed by atoms with Crippen molar-refractivity contribution in [1.82, 2.24) is 0 Å². The van der Waals surface area contributed by atoms with Crippen molar-refractivity contribution < 1.29 is 23.8 Å². The van der Waals surface area contributed by atoms with E-state index < -0.39 is 11.9 Å². The van der Waals surface area contributed by atoms with Crippen LogP contribution in [0.3, 0.4) is 0 Å². The van der Waals surface area contributed by atoms with Crippen molar-refractivity contribution >= 4 is 23.3 Å². The lowest BCUT2D eigenvalue weighted by Crippen LogP contribution is -2.22. The maximum Gasteiger partial charge on any atom is 0.338 e. The molecule has 7 nitrogen and oxygen atoms in total. The lowest BCUT2D eigenvalue weighted by molar-refractivity contribution is -0.119. The minimum absolute atomic E-state index is 0.306. The number of nitrogens with one attached hydrogen (secondary N) is 1. The van der Waals surface area contributed by atoms with E-state index in [1.54, 1.807) is 18.2 Å². The SMILES string of the molecule is CCN(CC)c1ccc(NC(=O)COC(=O)c2ccc3c(c2)OCCO3)cc1. The molecule has 0 bridgehead atoms. The maximum absolute atomic E-state index is 12.2. The van der Waals surface area contributed by atoms with Crippen molar-refractivity contribution in [3.05, 3.63) is 48.0 Å². The van der Waals surface area contributed by atoms with E-state index in [0.29, 0.717) is 36.0 Å². The average Bonchev–Trinajstić information content (AvgIpc) is 2.73. The summed E-state index contributed by atoms with van der Waals surface area (Å²) in [5, 5.41) is 2.72. The third-order valence-corrected chi connectivity index (χ3v) is 4.39. The number of rotatable bonds is 7. The quantitative estimate of drug-likeness (QED) is 0.739. The fraction of sp³-hybridized carbons (Fsp3) is 0.333. The molecule has 0 saturated heterocycles. The first-order valence-electron chi connectivity index (χ1n) is 9.32. The Bertz CT molecular complexity index is 831. The van der Waals surface area contributed by atoms with Crippen LogP contribution in [0.25, 0.3) is 0 Å². The first kappa shape index (κ1) is 19.5. The monoisotopic (exact) mass is 384 g/mol. The van der Waals surface area contributed by atoms with Crippen molar-refractivity contribution in [3.63, 3.8) is 0 Å². The van der Waals surface area contributed by atoms with E-state index in [2.05, 4.69) is 24.1 Å². The van der Waals surface area contributed by atoms with Gasteiger partial charge in [0.25, 0.3) is 5.91 Å². The number of hydrogen-bond donors (Lipinski definition) is 1. The molecule has 0 radical (unpaired) electrons. The van der Waals surface area contributed by atoms with Crippen LogP contribution in [0.5, 0.6) is 11.5 Å². The number of fused-ring (bicyclic) bond motifs is 1. The summed E-state index contributed by atoms with van der Waals surface area (Å²) in [5.41, 5.74) is 2.05. The smallest absolute Gasteiger partial charge is 0.338 e. The minimum Gasteiger partial charge on any atom is -0.486 e. The van der Waals surface area contributed by atoms with Crippen LogP contribution >= 0.6 is 0 Å². The van der Waals surface area contributed by atoms with Gasteiger partial charge in [-0.25, -0.2) is 4.79 Å². The van der Waals surface area contributed by atoms with Crippen molar-refractivity contribution in [3.8, 4) is 11.5 Å². The molecular formula is C21H24N2O5. The molecule has 1 aliphatic rings. The summed E-state index contributed by atoms with van der Waals surface area (Å²) in [4.78, 5) is 26.4. The van der Waals surface area contributed by atoms with Gasteiger partial charge in [0.15, 0.2) is 18.1 Å². The van der Waals surface area contributed by atoms with Gasteiger partial charge in [-0.3, -0.25) is 4.79 Å². The second-order valence-electron chi connectivity index (χ2n) is 6.20. The molecule has 0 unspecified atom stereocenters. The maximum atomic E-state index is 12.2. The van der Waals surface area contributed by atoms with Crippen LogP contribution in [0.1, 0.15) is 24.2 Å². The van der Waals surface area contributed by atoms with Gasteiger partial charge in [0.1, 0.15) is 13.2 Å². The fourth-order valence-electron chi connectivity index (χ4n) is 2.93. The number of amides is 1. The Morgan fingerprint density at radius 1 is 1.00 bits per heavy atom. The molecule has 0 spiro atoms. The van der Waals surface area contributed by atoms with Gasteiger partial charge in [0.05, 0.1) is 5.56 Å². The normalized spacial score (nSPS) is 12.2. The number of ether oxygens (including phenoxy) is 3. The fourth-order valence-corrected chi connectivity index (χ4v) is 2.93. The molecule has 148 valence electrons. The van der Waals surface area contributed by atoms with Crippen molar-refractivity contribution in [1.29, 1.82) is 0 Å². The second-order valence-corrected chi connectivity index (χ2v) is 6.20. The molecule has 0 fully saturated rings. The van der Waals surface area contributed by atoms with Gasteiger partial charge in [-0.15, -0.1) is 0 Å². The summed E-state index contributed by atoms with van der Waals surface area (Å²) in [5.74, 6) is 0.0950. The summed E-state index contributed by atoms with van der Waals surface area (Å²) in [6.07, 6.45) is 0. The summed E-state index contributed by atoms with van der Waals surface area (Å²) >= 11 is 0. The molecule has 7 heteroatoms. The summed E-state index contributed by atoms with van der Waals surface area (Å²) in [7, 11) is 0. The molecule has 1 N–H and O–H groups in total. The van der Waals surface area contributed by atoms with Crippen LogP contribution < -0.4 is 19.7 Å². The number of anilines is 2. The summed E-state index contributed by atoms with van der Waals surface area (Å²) in [6, 6.07) is 12.3. The van der Waals surface area contributed by atoms with E-state index in [-0.39, 0.29) is 6.61 Å². The van der Waals surface area contributed by atoms with E-state index >= 15 is 0 Å².